The summed E-state index contributed by atoms with van der Waals surface area (Å²) in [5.74, 6) is 3.47. The number of nitrogens with one attached hydrogen (secondary N) is 3. The molecule has 0 radical (unpaired) electrons. The Kier molecular flexibility index (Phi) is 40.1. The van der Waals surface area contributed by atoms with Gasteiger partial charge >= 0.3 is 0 Å². The highest BCUT2D eigenvalue weighted by Crippen LogP contribution is 2.58. The number of likely N-dealkylation sites (N-methyl/N-ethyl adjacent to an activating group) is 1. The molecule has 4 rings (SSSR count). The largest absolute Gasteiger partial charge is 0.386 e. The number of allylic oxidation sites excluding steroid dienone is 4. The normalized spacial score (nSPS) is 21.2. The average Bonchev–Trinajstić information content (AvgIpc) is 4.11. The maximum Gasteiger partial charge on any atom is 0.0528 e. The van der Waals surface area contributed by atoms with Crippen LogP contribution in [0.1, 0.15) is 215 Å². The van der Waals surface area contributed by atoms with Crippen LogP contribution < -0.4 is 16.0 Å². The van der Waals surface area contributed by atoms with Gasteiger partial charge in [-0.15, -0.1) is 6.58 Å². The Labute approximate surface area is 386 Å². The molecular weight excluding hydrogens is 741 g/mol. The van der Waals surface area contributed by atoms with E-state index in [9.17, 15) is 0 Å². The van der Waals surface area contributed by atoms with Crippen LogP contribution in [0.2, 0.25) is 0 Å². The van der Waals surface area contributed by atoms with E-state index in [2.05, 4.69) is 150 Å². The topological polar surface area (TPSA) is 39.3 Å². The highest BCUT2D eigenvalue weighted by Gasteiger charge is 2.59. The molecule has 0 bridgehead atoms. The monoisotopic (exact) mass is 855 g/mol. The first-order valence-corrected chi connectivity index (χ1v) is 25.3. The Balaban J connectivity index is -0.000000365. The fourth-order valence-electron chi connectivity index (χ4n) is 8.31. The molecule has 61 heavy (non-hydrogen) atoms. The van der Waals surface area contributed by atoms with Crippen molar-refractivity contribution in [2.75, 3.05) is 20.6 Å². The van der Waals surface area contributed by atoms with E-state index in [4.69, 9.17) is 0 Å². The maximum absolute atomic E-state index is 4.59. The highest BCUT2D eigenvalue weighted by molar-refractivity contribution is 5.26. The van der Waals surface area contributed by atoms with Gasteiger partial charge in [-0.05, 0) is 121 Å². The summed E-state index contributed by atoms with van der Waals surface area (Å²) in [5, 5.41) is 10.3. The quantitative estimate of drug-likeness (QED) is 0.0872. The van der Waals surface area contributed by atoms with Gasteiger partial charge in [0.05, 0.1) is 12.1 Å². The van der Waals surface area contributed by atoms with E-state index in [0.717, 1.165) is 47.4 Å². The van der Waals surface area contributed by atoms with E-state index in [1.807, 2.05) is 48.6 Å². The molecule has 362 valence electrons. The molecule has 1 aliphatic heterocycles. The molecule has 0 spiro atoms. The summed E-state index contributed by atoms with van der Waals surface area (Å²) in [7, 11) is 4.14. The average molecular weight is 856 g/mol. The van der Waals surface area contributed by atoms with E-state index in [1.54, 1.807) is 6.08 Å². The molecule has 0 aromatic heterocycles. The first-order chi connectivity index (χ1) is 28.5. The van der Waals surface area contributed by atoms with Crippen LogP contribution in [0.5, 0.6) is 0 Å². The predicted octanol–water partition coefficient (Wildman–Crippen LogP) is 16.9. The Hall–Kier alpha value is -2.04. The molecule has 0 aromatic carbocycles. The van der Waals surface area contributed by atoms with Gasteiger partial charge in [0.25, 0.3) is 0 Å². The van der Waals surface area contributed by atoms with Gasteiger partial charge in [0, 0.05) is 30.0 Å². The Morgan fingerprint density at radius 1 is 0.836 bits per heavy atom. The molecule has 4 aliphatic rings. The molecule has 4 nitrogen and oxygen atoms in total. The summed E-state index contributed by atoms with van der Waals surface area (Å²) < 4.78 is 0. The number of nitrogens with zero attached hydrogens (tertiary/aromatic N) is 1. The molecule has 4 fully saturated rings. The van der Waals surface area contributed by atoms with Crippen molar-refractivity contribution in [1.29, 1.82) is 0 Å². The lowest BCUT2D eigenvalue weighted by Crippen LogP contribution is -2.49. The third-order valence-electron chi connectivity index (χ3n) is 11.9. The van der Waals surface area contributed by atoms with Gasteiger partial charge in [-0.1, -0.05) is 198 Å². The SMILES string of the molecule is C=C(C)C1[C@H]2C(C)[C@H]2CN1C(=C)C(NC)C1(C)CCCCCC1.C=C(C)CCCC(NC(=C)C)C(C)(C)C.C=CC(=C)C.CC.CC.CCC.CCCC(C)C.CNC1CC1. The molecule has 3 N–H and O–H groups in total. The van der Waals surface area contributed by atoms with E-state index in [-0.39, 0.29) is 5.41 Å². The fraction of sp³-hybridized carbons (Fsp3) is 0.789. The van der Waals surface area contributed by atoms with E-state index in [0.29, 0.717) is 23.5 Å². The molecular formula is C57H114N4. The number of fused-ring (bicyclic) bond motifs is 1. The van der Waals surface area contributed by atoms with Crippen LogP contribution in [-0.4, -0.2) is 49.7 Å². The van der Waals surface area contributed by atoms with Gasteiger partial charge in [0.1, 0.15) is 0 Å². The minimum absolute atomic E-state index is 0.286. The first-order valence-electron chi connectivity index (χ1n) is 25.3. The fourth-order valence-corrected chi connectivity index (χ4v) is 8.31. The Morgan fingerprint density at radius 3 is 1.59 bits per heavy atom. The van der Waals surface area contributed by atoms with Gasteiger partial charge in [-0.2, -0.15) is 0 Å². The van der Waals surface area contributed by atoms with Crippen LogP contribution in [-0.2, 0) is 0 Å². The van der Waals surface area contributed by atoms with Crippen molar-refractivity contribution in [1.82, 2.24) is 20.9 Å². The summed E-state index contributed by atoms with van der Waals surface area (Å²) in [6, 6.07) is 2.31. The maximum atomic E-state index is 4.59. The minimum Gasteiger partial charge on any atom is -0.386 e. The lowest BCUT2D eigenvalue weighted by molar-refractivity contribution is 0.168. The van der Waals surface area contributed by atoms with Crippen LogP contribution in [0.3, 0.4) is 0 Å². The first kappa shape index (κ1) is 65.6. The molecule has 1 saturated heterocycles. The molecule has 6 atom stereocenters. The van der Waals surface area contributed by atoms with Crippen molar-refractivity contribution in [3.8, 4) is 0 Å². The van der Waals surface area contributed by atoms with Crippen molar-refractivity contribution in [3.05, 3.63) is 73.7 Å². The number of hydrogen-bond acceptors (Lipinski definition) is 4. The van der Waals surface area contributed by atoms with Crippen molar-refractivity contribution >= 4 is 0 Å². The predicted molar refractivity (Wildman–Crippen MR) is 285 cm³/mol. The molecule has 4 unspecified atom stereocenters. The molecule has 4 heteroatoms. The van der Waals surface area contributed by atoms with Gasteiger partial charge in [0.15, 0.2) is 0 Å². The molecule has 0 amide bonds. The second kappa shape index (κ2) is 37.3. The highest BCUT2D eigenvalue weighted by atomic mass is 15.3. The van der Waals surface area contributed by atoms with Crippen LogP contribution >= 0.6 is 0 Å². The number of piperidine rings is 1. The van der Waals surface area contributed by atoms with Gasteiger partial charge in [0.2, 0.25) is 0 Å². The van der Waals surface area contributed by atoms with E-state index >= 15 is 0 Å². The second-order valence-electron chi connectivity index (χ2n) is 20.0. The van der Waals surface area contributed by atoms with Crippen molar-refractivity contribution in [2.45, 2.75) is 239 Å². The smallest absolute Gasteiger partial charge is 0.0528 e. The number of rotatable bonds is 15. The van der Waals surface area contributed by atoms with Crippen LogP contribution in [0.25, 0.3) is 0 Å². The Morgan fingerprint density at radius 2 is 1.31 bits per heavy atom. The zero-order chi connectivity index (χ0) is 48.5. The van der Waals surface area contributed by atoms with Crippen molar-refractivity contribution < 1.29 is 0 Å². The van der Waals surface area contributed by atoms with Gasteiger partial charge in [-0.25, -0.2) is 0 Å². The zero-order valence-corrected chi connectivity index (χ0v) is 45.5. The standard InChI is InChI=1S/C21H36N2.C14H27N.C6H14.C5H8.C4H9N.C3H8.2C2H6/c1-14(2)19-18-15(3)17(18)13-23(19)16(4)20(22-6)21(5)11-9-7-8-10-12-21;1-11(2)9-8-10-13(14(5,6)7)15-12(3)4;1-4-5-6(2)3;1-4-5(2)3;1-5-4-2-3-4;1-3-2;2*1-2/h15,17-20,22H,1,4,7-13H2,2-3,5-6H3;13,15H,1,3,8-10H2,2,4-7H3;6H,4-5H2,1-3H3;4H,1-2H2,3H3;4-5H,2-3H2,1H3;3H2,1-2H3;2*1-2H3/t15?,17-,18+,19?,20?;;;;;;;/m1......./s1. The summed E-state index contributed by atoms with van der Waals surface area (Å²) in [5.41, 5.74) is 6.63. The Bertz CT molecular complexity index is 1140. The lowest BCUT2D eigenvalue weighted by Gasteiger charge is -2.44. The summed E-state index contributed by atoms with van der Waals surface area (Å²) in [6.07, 6.45) is 20.2. The van der Waals surface area contributed by atoms with E-state index in [1.165, 1.54) is 107 Å². The molecule has 3 aliphatic carbocycles. The third kappa shape index (κ3) is 30.6. The van der Waals surface area contributed by atoms with Crippen LogP contribution in [0.4, 0.5) is 0 Å². The summed E-state index contributed by atoms with van der Waals surface area (Å²) >= 11 is 0. The summed E-state index contributed by atoms with van der Waals surface area (Å²) in [6.45, 7) is 63.9. The molecule has 0 aromatic rings. The van der Waals surface area contributed by atoms with Gasteiger partial charge < -0.3 is 20.9 Å². The number of likely N-dealkylation sites (tertiary alicyclic amines) is 1. The van der Waals surface area contributed by atoms with Crippen LogP contribution in [0, 0.1) is 34.5 Å². The third-order valence-corrected chi connectivity index (χ3v) is 11.9. The minimum atomic E-state index is 0.286. The number of hydrogen-bond donors (Lipinski definition) is 3. The van der Waals surface area contributed by atoms with Gasteiger partial charge in [-0.3, -0.25) is 0 Å². The van der Waals surface area contributed by atoms with Crippen molar-refractivity contribution in [2.24, 2.45) is 34.5 Å². The zero-order valence-electron chi connectivity index (χ0n) is 45.5. The van der Waals surface area contributed by atoms with Crippen LogP contribution in [0.15, 0.2) is 73.7 Å². The van der Waals surface area contributed by atoms with E-state index < -0.39 is 0 Å². The second-order valence-corrected chi connectivity index (χ2v) is 20.0. The molecule has 3 saturated carbocycles. The van der Waals surface area contributed by atoms with Crippen molar-refractivity contribution in [3.63, 3.8) is 0 Å². The summed E-state index contributed by atoms with van der Waals surface area (Å²) in [4.78, 5) is 2.61. The lowest BCUT2D eigenvalue weighted by atomic mass is 9.74. The molecule has 1 heterocycles.